The smallest absolute Gasteiger partial charge is 0.258 e. The van der Waals surface area contributed by atoms with E-state index in [4.69, 9.17) is 23.2 Å². The van der Waals surface area contributed by atoms with Crippen molar-refractivity contribution in [2.75, 3.05) is 0 Å². The van der Waals surface area contributed by atoms with Crippen LogP contribution in [0.15, 0.2) is 42.5 Å². The zero-order chi connectivity index (χ0) is 12.4. The van der Waals surface area contributed by atoms with Crippen molar-refractivity contribution in [1.29, 1.82) is 0 Å². The summed E-state index contributed by atoms with van der Waals surface area (Å²) in [5.41, 5.74) is 1.41. The summed E-state index contributed by atoms with van der Waals surface area (Å²) in [4.78, 5) is 10.1. The van der Waals surface area contributed by atoms with Gasteiger partial charge >= 0.3 is 5.69 Å². The molecule has 3 nitrogen and oxygen atoms in total. The van der Waals surface area contributed by atoms with Crippen molar-refractivity contribution in [3.8, 4) is 11.1 Å². The maximum Gasteiger partial charge on any atom is 0.306 e. The van der Waals surface area contributed by atoms with Crippen LogP contribution in [-0.2, 0) is 0 Å². The molecule has 2 aromatic carbocycles. The van der Waals surface area contributed by atoms with E-state index in [2.05, 4.69) is 0 Å². The predicted octanol–water partition coefficient (Wildman–Crippen LogP) is 4.57. The van der Waals surface area contributed by atoms with E-state index < -0.39 is 4.92 Å². The Labute approximate surface area is 108 Å². The van der Waals surface area contributed by atoms with Gasteiger partial charge in [-0.25, -0.2) is 0 Å². The summed E-state index contributed by atoms with van der Waals surface area (Å²) < 4.78 is 0. The molecule has 0 radical (unpaired) electrons. The fourth-order valence-corrected chi connectivity index (χ4v) is 2.16. The van der Waals surface area contributed by atoms with Crippen molar-refractivity contribution in [3.63, 3.8) is 0 Å². The van der Waals surface area contributed by atoms with Crippen molar-refractivity contribution in [2.24, 2.45) is 0 Å². The number of halogens is 2. The molecule has 0 saturated heterocycles. The standard InChI is InChI=1S/C12H7Cl2NO2/c13-10-6-9(8-4-2-1-3-5-8)7-11(14)12(10)15(16)17/h1-7H. The average Bonchev–Trinajstić information content (AvgIpc) is 2.28. The highest BCUT2D eigenvalue weighted by Crippen LogP contribution is 2.36. The Balaban J connectivity index is 2.57. The second kappa shape index (κ2) is 4.73. The number of rotatable bonds is 2. The molecule has 0 unspecified atom stereocenters. The summed E-state index contributed by atoms with van der Waals surface area (Å²) >= 11 is 11.7. The van der Waals surface area contributed by atoms with Gasteiger partial charge in [0.15, 0.2) is 0 Å². The van der Waals surface area contributed by atoms with Crippen LogP contribution in [0.4, 0.5) is 5.69 Å². The molecule has 0 spiro atoms. The molecule has 0 atom stereocenters. The molecule has 86 valence electrons. The minimum atomic E-state index is -0.584. The first-order chi connectivity index (χ1) is 8.09. The summed E-state index contributed by atoms with van der Waals surface area (Å²) in [6.07, 6.45) is 0. The number of hydrogen-bond donors (Lipinski definition) is 0. The van der Waals surface area contributed by atoms with E-state index in [0.717, 1.165) is 11.1 Å². The zero-order valence-corrected chi connectivity index (χ0v) is 10.1. The first-order valence-electron chi connectivity index (χ1n) is 4.78. The van der Waals surface area contributed by atoms with Gasteiger partial charge in [-0.2, -0.15) is 0 Å². The van der Waals surface area contributed by atoms with Crippen LogP contribution < -0.4 is 0 Å². The second-order valence-electron chi connectivity index (χ2n) is 3.41. The van der Waals surface area contributed by atoms with E-state index in [0.29, 0.717) is 0 Å². The van der Waals surface area contributed by atoms with Crippen molar-refractivity contribution in [3.05, 3.63) is 62.6 Å². The second-order valence-corrected chi connectivity index (χ2v) is 4.23. The Morgan fingerprint density at radius 2 is 1.47 bits per heavy atom. The molecule has 0 saturated carbocycles. The highest BCUT2D eigenvalue weighted by atomic mass is 35.5. The lowest BCUT2D eigenvalue weighted by Crippen LogP contribution is -1.91. The number of benzene rings is 2. The third kappa shape index (κ3) is 2.40. The van der Waals surface area contributed by atoms with E-state index >= 15 is 0 Å². The van der Waals surface area contributed by atoms with E-state index in [1.54, 1.807) is 12.1 Å². The van der Waals surface area contributed by atoms with E-state index in [1.807, 2.05) is 30.3 Å². The largest absolute Gasteiger partial charge is 0.306 e. The van der Waals surface area contributed by atoms with Gasteiger partial charge in [-0.1, -0.05) is 53.5 Å². The lowest BCUT2D eigenvalue weighted by Gasteiger charge is -2.04. The van der Waals surface area contributed by atoms with Crippen molar-refractivity contribution in [1.82, 2.24) is 0 Å². The van der Waals surface area contributed by atoms with Gasteiger partial charge in [0.2, 0.25) is 0 Å². The van der Waals surface area contributed by atoms with Crippen LogP contribution in [-0.4, -0.2) is 4.92 Å². The molecule has 0 bridgehead atoms. The highest BCUT2D eigenvalue weighted by molar-refractivity contribution is 6.38. The lowest BCUT2D eigenvalue weighted by molar-refractivity contribution is -0.384. The Kier molecular flexibility index (Phi) is 3.31. The molecule has 0 heterocycles. The molecule has 2 rings (SSSR count). The van der Waals surface area contributed by atoms with Gasteiger partial charge in [-0.15, -0.1) is 0 Å². The Morgan fingerprint density at radius 1 is 0.941 bits per heavy atom. The van der Waals surface area contributed by atoms with Crippen LogP contribution in [0.25, 0.3) is 11.1 Å². The van der Waals surface area contributed by atoms with Gasteiger partial charge < -0.3 is 0 Å². The maximum absolute atomic E-state index is 10.7. The zero-order valence-electron chi connectivity index (χ0n) is 8.56. The third-order valence-corrected chi connectivity index (χ3v) is 2.88. The molecule has 0 N–H and O–H groups in total. The van der Waals surface area contributed by atoms with Gasteiger partial charge in [-0.05, 0) is 23.3 Å². The first kappa shape index (κ1) is 11.9. The number of nitro groups is 1. The van der Waals surface area contributed by atoms with Gasteiger partial charge in [0.25, 0.3) is 0 Å². The molecule has 0 aliphatic carbocycles. The Hall–Kier alpha value is -1.58. The van der Waals surface area contributed by atoms with Crippen LogP contribution in [0.2, 0.25) is 10.0 Å². The molecule has 0 aromatic heterocycles. The lowest BCUT2D eigenvalue weighted by atomic mass is 10.1. The van der Waals surface area contributed by atoms with Crippen molar-refractivity contribution >= 4 is 28.9 Å². The molecular formula is C12H7Cl2NO2. The minimum absolute atomic E-state index is 0.0429. The molecule has 2 aromatic rings. The summed E-state index contributed by atoms with van der Waals surface area (Å²) in [7, 11) is 0. The van der Waals surface area contributed by atoms with Gasteiger partial charge in [-0.3, -0.25) is 10.1 Å². The summed E-state index contributed by atoms with van der Waals surface area (Å²) in [5.74, 6) is 0. The van der Waals surface area contributed by atoms with Crippen LogP contribution in [0.3, 0.4) is 0 Å². The summed E-state index contributed by atoms with van der Waals surface area (Å²) in [6.45, 7) is 0. The molecule has 0 amide bonds. The fourth-order valence-electron chi connectivity index (χ4n) is 1.54. The van der Waals surface area contributed by atoms with Crippen molar-refractivity contribution in [2.45, 2.75) is 0 Å². The maximum atomic E-state index is 10.7. The van der Waals surface area contributed by atoms with Crippen molar-refractivity contribution < 1.29 is 4.92 Å². The average molecular weight is 268 g/mol. The monoisotopic (exact) mass is 267 g/mol. The number of nitrogens with zero attached hydrogens (tertiary/aromatic N) is 1. The Morgan fingerprint density at radius 3 is 1.94 bits per heavy atom. The normalized spacial score (nSPS) is 10.2. The molecule has 5 heteroatoms. The summed E-state index contributed by atoms with van der Waals surface area (Å²) in [5, 5.41) is 10.8. The van der Waals surface area contributed by atoms with Crippen LogP contribution in [0, 0.1) is 10.1 Å². The quantitative estimate of drug-likeness (QED) is 0.591. The highest BCUT2D eigenvalue weighted by Gasteiger charge is 2.19. The fraction of sp³-hybridized carbons (Fsp3) is 0. The number of hydrogen-bond acceptors (Lipinski definition) is 2. The third-order valence-electron chi connectivity index (χ3n) is 2.31. The first-order valence-corrected chi connectivity index (χ1v) is 5.54. The Bertz CT molecular complexity index is 547. The molecule has 0 aliphatic heterocycles. The molecule has 17 heavy (non-hydrogen) atoms. The van der Waals surface area contributed by atoms with Gasteiger partial charge in [0, 0.05) is 0 Å². The van der Waals surface area contributed by atoms with E-state index in [9.17, 15) is 10.1 Å². The number of nitro benzene ring substituents is 1. The topological polar surface area (TPSA) is 43.1 Å². The van der Waals surface area contributed by atoms with Crippen LogP contribution in [0.1, 0.15) is 0 Å². The molecular weight excluding hydrogens is 261 g/mol. The van der Waals surface area contributed by atoms with Gasteiger partial charge in [0.05, 0.1) is 4.92 Å². The summed E-state index contributed by atoms with van der Waals surface area (Å²) in [6, 6.07) is 12.5. The van der Waals surface area contributed by atoms with Crippen LogP contribution >= 0.6 is 23.2 Å². The van der Waals surface area contributed by atoms with Gasteiger partial charge in [0.1, 0.15) is 10.0 Å². The molecule has 0 fully saturated rings. The minimum Gasteiger partial charge on any atom is -0.258 e. The van der Waals surface area contributed by atoms with E-state index in [1.165, 1.54) is 0 Å². The predicted molar refractivity (Wildman–Crippen MR) is 68.6 cm³/mol. The van der Waals surface area contributed by atoms with E-state index in [-0.39, 0.29) is 15.7 Å². The molecule has 0 aliphatic rings. The van der Waals surface area contributed by atoms with Crippen LogP contribution in [0.5, 0.6) is 0 Å². The SMILES string of the molecule is O=[N+]([O-])c1c(Cl)cc(-c2ccccc2)cc1Cl.